The van der Waals surface area contributed by atoms with E-state index in [-0.39, 0.29) is 5.97 Å². The summed E-state index contributed by atoms with van der Waals surface area (Å²) < 4.78 is 4.43. The van der Waals surface area contributed by atoms with Gasteiger partial charge in [0.2, 0.25) is 0 Å². The van der Waals surface area contributed by atoms with E-state index in [4.69, 9.17) is 0 Å². The molecule has 0 aromatic heterocycles. The van der Waals surface area contributed by atoms with E-state index in [1.807, 2.05) is 0 Å². The summed E-state index contributed by atoms with van der Waals surface area (Å²) >= 11 is 4.39. The van der Waals surface area contributed by atoms with E-state index < -0.39 is 0 Å². The molecule has 0 saturated carbocycles. The molecule has 7 heavy (non-hydrogen) atoms. The molecule has 0 bridgehead atoms. The van der Waals surface area contributed by atoms with Gasteiger partial charge in [0.25, 0.3) is 0 Å². The molecule has 0 spiro atoms. The second-order valence-electron chi connectivity index (χ2n) is 0.963. The third-order valence-electron chi connectivity index (χ3n) is 0.447. The first-order valence-electron chi connectivity index (χ1n) is 1.81. The van der Waals surface area contributed by atoms with Gasteiger partial charge in [0.05, 0.1) is 0 Å². The Labute approximate surface area is 62.1 Å². The molecule has 0 radical (unpaired) electrons. The van der Waals surface area contributed by atoms with Gasteiger partial charge < -0.3 is 0 Å². The number of carbonyl (C=O) groups is 1. The zero-order chi connectivity index (χ0) is 5.70. The van der Waals surface area contributed by atoms with E-state index in [1.165, 1.54) is 0 Å². The summed E-state index contributed by atoms with van der Waals surface area (Å²) in [4.78, 5) is 10.2. The molecular formula is C3H7O2SSb. The maximum atomic E-state index is 10.2. The quantitative estimate of drug-likeness (QED) is 0.505. The fourth-order valence-electron chi connectivity index (χ4n) is 0.150. The number of rotatable bonds is 2. The molecule has 0 aliphatic carbocycles. The van der Waals surface area contributed by atoms with Crippen LogP contribution in [0.4, 0.5) is 0 Å². The van der Waals surface area contributed by atoms with Gasteiger partial charge in [-0.25, -0.2) is 0 Å². The number of thiol groups is 1. The first-order chi connectivity index (χ1) is 3.31. The molecule has 0 atom stereocenters. The van der Waals surface area contributed by atoms with Crippen LogP contribution in [-0.2, 0) is 7.81 Å². The Morgan fingerprint density at radius 2 is 2.43 bits per heavy atom. The van der Waals surface area contributed by atoms with Crippen molar-refractivity contribution in [2.45, 2.75) is 6.42 Å². The molecule has 0 unspecified atom stereocenters. The molecule has 0 amide bonds. The van der Waals surface area contributed by atoms with Crippen LogP contribution in [0.15, 0.2) is 0 Å². The van der Waals surface area contributed by atoms with Crippen molar-refractivity contribution in [2.24, 2.45) is 0 Å². The molecule has 0 rings (SSSR count). The summed E-state index contributed by atoms with van der Waals surface area (Å²) in [6, 6.07) is 0. The standard InChI is InChI=1S/C3H6O2S.Sb.2H/c4-3(5)1-2-6;;;/h6H,1-2H2,(H,4,5);;;/q;+1;;/p-1. The molecule has 0 aliphatic rings. The minimum absolute atomic E-state index is 0.141. The van der Waals surface area contributed by atoms with Crippen LogP contribution in [0.25, 0.3) is 0 Å². The minimum atomic E-state index is -0.141. The Bertz CT molecular complexity index is 66.0. The number of hydrogen-bond acceptors (Lipinski definition) is 3. The first kappa shape index (κ1) is 7.64. The zero-order valence-electron chi connectivity index (χ0n) is 3.76. The SMILES string of the molecule is O=C(CCS)[O][SbH2]. The number of carbonyl (C=O) groups excluding carboxylic acids is 1. The predicted octanol–water partition coefficient (Wildman–Crippen LogP) is -0.602. The van der Waals surface area contributed by atoms with E-state index in [9.17, 15) is 4.79 Å². The van der Waals surface area contributed by atoms with Crippen molar-refractivity contribution in [3.8, 4) is 0 Å². The van der Waals surface area contributed by atoms with Crippen molar-refractivity contribution in [1.82, 2.24) is 0 Å². The molecule has 0 saturated heterocycles. The average Bonchev–Trinajstić information content (AvgIpc) is 1.68. The van der Waals surface area contributed by atoms with Gasteiger partial charge in [-0.2, -0.15) is 0 Å². The second kappa shape index (κ2) is 4.79. The third kappa shape index (κ3) is 4.49. The monoisotopic (exact) mass is 228 g/mol. The zero-order valence-corrected chi connectivity index (χ0v) is 7.95. The summed E-state index contributed by atoms with van der Waals surface area (Å²) in [5, 5.41) is 0. The first-order valence-corrected chi connectivity index (χ1v) is 3.79. The molecule has 4 heteroatoms. The van der Waals surface area contributed by atoms with Gasteiger partial charge in [-0.15, -0.1) is 0 Å². The summed E-state index contributed by atoms with van der Waals surface area (Å²) in [7, 11) is 0. The molecule has 42 valence electrons. The van der Waals surface area contributed by atoms with Crippen molar-refractivity contribution in [1.29, 1.82) is 0 Å². The van der Waals surface area contributed by atoms with Crippen LogP contribution in [0.5, 0.6) is 0 Å². The fraction of sp³-hybridized carbons (Fsp3) is 0.667. The van der Waals surface area contributed by atoms with Gasteiger partial charge in [0, 0.05) is 0 Å². The van der Waals surface area contributed by atoms with Gasteiger partial charge in [-0.05, 0) is 0 Å². The van der Waals surface area contributed by atoms with Crippen LogP contribution in [-0.4, -0.2) is 35.2 Å². The summed E-state index contributed by atoms with van der Waals surface area (Å²) in [5.74, 6) is 0.442. The molecule has 0 aromatic carbocycles. The summed E-state index contributed by atoms with van der Waals surface area (Å²) in [6.45, 7) is 0. The maximum absolute atomic E-state index is 10.2. The third-order valence-corrected chi connectivity index (χ3v) is 1.42. The van der Waals surface area contributed by atoms with Gasteiger partial charge >= 0.3 is 62.0 Å². The Kier molecular flexibility index (Phi) is 5.23. The van der Waals surface area contributed by atoms with Gasteiger partial charge in [-0.1, -0.05) is 0 Å². The van der Waals surface area contributed by atoms with Crippen LogP contribution in [0.2, 0.25) is 0 Å². The van der Waals surface area contributed by atoms with Crippen LogP contribution < -0.4 is 0 Å². The average molecular weight is 229 g/mol. The summed E-state index contributed by atoms with van der Waals surface area (Å²) in [5.41, 5.74) is 0. The normalized spacial score (nSPS) is 8.29. The van der Waals surface area contributed by atoms with Crippen LogP contribution in [0.1, 0.15) is 6.42 Å². The van der Waals surface area contributed by atoms with Crippen LogP contribution in [0.3, 0.4) is 0 Å². The van der Waals surface area contributed by atoms with Gasteiger partial charge in [0.1, 0.15) is 0 Å². The predicted molar refractivity (Wildman–Crippen MR) is 33.1 cm³/mol. The van der Waals surface area contributed by atoms with Gasteiger partial charge in [0.15, 0.2) is 0 Å². The Balaban J connectivity index is 3.00. The molecule has 0 aromatic rings. The molecule has 0 heterocycles. The van der Waals surface area contributed by atoms with Crippen molar-refractivity contribution in [3.05, 3.63) is 0 Å². The van der Waals surface area contributed by atoms with Crippen LogP contribution >= 0.6 is 12.6 Å². The second-order valence-corrected chi connectivity index (χ2v) is 2.08. The van der Waals surface area contributed by atoms with E-state index in [0.29, 0.717) is 35.6 Å². The Hall–Kier alpha value is 0.638. The van der Waals surface area contributed by atoms with Crippen LogP contribution in [0, 0.1) is 0 Å². The van der Waals surface area contributed by atoms with Gasteiger partial charge in [-0.3, -0.25) is 0 Å². The molecule has 0 fully saturated rings. The van der Waals surface area contributed by atoms with Crippen molar-refractivity contribution >= 4 is 42.0 Å². The molecular weight excluding hydrogens is 222 g/mol. The van der Waals surface area contributed by atoms with Crippen molar-refractivity contribution in [3.63, 3.8) is 0 Å². The number of hydrogen-bond donors (Lipinski definition) is 1. The van der Waals surface area contributed by atoms with E-state index >= 15 is 0 Å². The molecule has 0 aliphatic heterocycles. The molecule has 0 N–H and O–H groups in total. The van der Waals surface area contributed by atoms with E-state index in [2.05, 4.69) is 15.6 Å². The Morgan fingerprint density at radius 3 is 2.57 bits per heavy atom. The van der Waals surface area contributed by atoms with Crippen molar-refractivity contribution in [2.75, 3.05) is 5.75 Å². The van der Waals surface area contributed by atoms with E-state index in [0.717, 1.165) is 0 Å². The topological polar surface area (TPSA) is 26.3 Å². The summed E-state index contributed by atoms with van der Waals surface area (Å²) in [6.07, 6.45) is 0.435. The Morgan fingerprint density at radius 1 is 1.86 bits per heavy atom. The van der Waals surface area contributed by atoms with E-state index in [1.54, 1.807) is 0 Å². The fourth-order valence-corrected chi connectivity index (χ4v) is 0.669. The van der Waals surface area contributed by atoms with Crippen molar-refractivity contribution < 1.29 is 7.81 Å². The molecule has 2 nitrogen and oxygen atoms in total.